The van der Waals surface area contributed by atoms with Crippen LogP contribution in [0.3, 0.4) is 0 Å². The molecule has 21 heavy (non-hydrogen) atoms. The molecule has 0 bridgehead atoms. The fourth-order valence-corrected chi connectivity index (χ4v) is 5.84. The highest BCUT2D eigenvalue weighted by atomic mass is 32.2. The summed E-state index contributed by atoms with van der Waals surface area (Å²) < 4.78 is 26.9. The van der Waals surface area contributed by atoms with Crippen molar-refractivity contribution in [2.24, 2.45) is 0 Å². The van der Waals surface area contributed by atoms with Crippen LogP contribution in [0.1, 0.15) is 28.9 Å². The number of piperidine rings is 1. The van der Waals surface area contributed by atoms with Gasteiger partial charge in [-0.1, -0.05) is 6.42 Å². The predicted octanol–water partition coefficient (Wildman–Crippen LogP) is 1.31. The van der Waals surface area contributed by atoms with Gasteiger partial charge in [0.2, 0.25) is 10.0 Å². The SMILES string of the molecule is O=C(O)c1sccc1S(=O)(=O)N1CCN2CCCCC2C1. The first-order valence-corrected chi connectivity index (χ1v) is 9.37. The van der Waals surface area contributed by atoms with Crippen LogP contribution in [0, 0.1) is 0 Å². The van der Waals surface area contributed by atoms with Gasteiger partial charge in [-0.2, -0.15) is 4.31 Å². The summed E-state index contributed by atoms with van der Waals surface area (Å²) in [5.41, 5.74) is 0. The minimum absolute atomic E-state index is 0.0655. The zero-order valence-electron chi connectivity index (χ0n) is 11.6. The number of hydrogen-bond donors (Lipinski definition) is 1. The largest absolute Gasteiger partial charge is 0.477 e. The maximum absolute atomic E-state index is 12.7. The molecule has 1 atom stereocenters. The third kappa shape index (κ3) is 2.73. The van der Waals surface area contributed by atoms with E-state index in [1.54, 1.807) is 0 Å². The van der Waals surface area contributed by atoms with Gasteiger partial charge in [0, 0.05) is 25.7 Å². The Morgan fingerprint density at radius 2 is 2.10 bits per heavy atom. The van der Waals surface area contributed by atoms with E-state index in [9.17, 15) is 13.2 Å². The van der Waals surface area contributed by atoms with E-state index >= 15 is 0 Å². The average molecular weight is 330 g/mol. The van der Waals surface area contributed by atoms with Crippen LogP contribution in [0.4, 0.5) is 0 Å². The number of sulfonamides is 1. The third-order valence-corrected chi connectivity index (χ3v) is 7.18. The molecule has 6 nitrogen and oxygen atoms in total. The van der Waals surface area contributed by atoms with Crippen LogP contribution in [0.5, 0.6) is 0 Å². The number of nitrogens with zero attached hydrogens (tertiary/aromatic N) is 2. The topological polar surface area (TPSA) is 77.9 Å². The molecule has 1 aromatic heterocycles. The van der Waals surface area contributed by atoms with E-state index in [1.807, 2.05) is 0 Å². The van der Waals surface area contributed by atoms with Gasteiger partial charge in [0.15, 0.2) is 0 Å². The Balaban J connectivity index is 1.85. The van der Waals surface area contributed by atoms with Crippen molar-refractivity contribution in [3.63, 3.8) is 0 Å². The fourth-order valence-electron chi connectivity index (χ4n) is 3.14. The zero-order valence-corrected chi connectivity index (χ0v) is 13.2. The zero-order chi connectivity index (χ0) is 15.0. The predicted molar refractivity (Wildman–Crippen MR) is 79.2 cm³/mol. The molecule has 0 amide bonds. The third-order valence-electron chi connectivity index (χ3n) is 4.24. The number of rotatable bonds is 3. The van der Waals surface area contributed by atoms with E-state index in [0.717, 1.165) is 37.3 Å². The molecule has 8 heteroatoms. The monoisotopic (exact) mass is 330 g/mol. The van der Waals surface area contributed by atoms with E-state index in [0.29, 0.717) is 13.1 Å². The Morgan fingerprint density at radius 3 is 2.86 bits per heavy atom. The van der Waals surface area contributed by atoms with E-state index in [1.165, 1.54) is 22.2 Å². The van der Waals surface area contributed by atoms with Gasteiger partial charge in [-0.15, -0.1) is 11.3 Å². The van der Waals surface area contributed by atoms with Gasteiger partial charge in [-0.3, -0.25) is 4.90 Å². The highest BCUT2D eigenvalue weighted by Crippen LogP contribution is 2.29. The number of hydrogen-bond acceptors (Lipinski definition) is 5. The average Bonchev–Trinajstić information content (AvgIpc) is 2.97. The van der Waals surface area contributed by atoms with Gasteiger partial charge < -0.3 is 5.11 Å². The quantitative estimate of drug-likeness (QED) is 0.904. The van der Waals surface area contributed by atoms with Gasteiger partial charge in [0.25, 0.3) is 0 Å². The first-order valence-electron chi connectivity index (χ1n) is 7.05. The molecule has 0 aliphatic carbocycles. The number of aromatic carboxylic acids is 1. The molecule has 2 aliphatic heterocycles. The van der Waals surface area contributed by atoms with Crippen molar-refractivity contribution in [2.45, 2.75) is 30.2 Å². The maximum atomic E-state index is 12.7. The second kappa shape index (κ2) is 5.68. The van der Waals surface area contributed by atoms with Crippen LogP contribution in [0.15, 0.2) is 16.3 Å². The summed E-state index contributed by atoms with van der Waals surface area (Å²) in [6.07, 6.45) is 3.33. The Morgan fingerprint density at radius 1 is 1.29 bits per heavy atom. The van der Waals surface area contributed by atoms with E-state index in [4.69, 9.17) is 5.11 Å². The van der Waals surface area contributed by atoms with Crippen molar-refractivity contribution >= 4 is 27.3 Å². The highest BCUT2D eigenvalue weighted by Gasteiger charge is 2.37. The summed E-state index contributed by atoms with van der Waals surface area (Å²) in [6.45, 7) is 2.68. The normalized spacial score (nSPS) is 24.7. The highest BCUT2D eigenvalue weighted by molar-refractivity contribution is 7.89. The second-order valence-corrected chi connectivity index (χ2v) is 8.29. The Kier molecular flexibility index (Phi) is 4.04. The van der Waals surface area contributed by atoms with Crippen LogP contribution >= 0.6 is 11.3 Å². The molecule has 0 aromatic carbocycles. The van der Waals surface area contributed by atoms with Crippen LogP contribution < -0.4 is 0 Å². The first kappa shape index (κ1) is 15.0. The van der Waals surface area contributed by atoms with Crippen molar-refractivity contribution in [1.82, 2.24) is 9.21 Å². The summed E-state index contributed by atoms with van der Waals surface area (Å²) in [6, 6.07) is 1.67. The molecule has 116 valence electrons. The lowest BCUT2D eigenvalue weighted by molar-refractivity contribution is 0.0697. The number of carboxylic acid groups (broad SMARTS) is 1. The Labute approximate surface area is 128 Å². The number of piperazine rings is 1. The van der Waals surface area contributed by atoms with Crippen LogP contribution in [0.25, 0.3) is 0 Å². The van der Waals surface area contributed by atoms with Gasteiger partial charge in [-0.25, -0.2) is 13.2 Å². The van der Waals surface area contributed by atoms with Crippen molar-refractivity contribution in [3.8, 4) is 0 Å². The molecule has 1 aromatic rings. The lowest BCUT2D eigenvalue weighted by atomic mass is 10.0. The minimum Gasteiger partial charge on any atom is -0.477 e. The molecule has 3 rings (SSSR count). The number of carboxylic acids is 1. The van der Waals surface area contributed by atoms with Crippen molar-refractivity contribution < 1.29 is 18.3 Å². The summed E-state index contributed by atoms with van der Waals surface area (Å²) in [4.78, 5) is 13.3. The van der Waals surface area contributed by atoms with E-state index in [-0.39, 0.29) is 15.8 Å². The van der Waals surface area contributed by atoms with Crippen LogP contribution in [0.2, 0.25) is 0 Å². The van der Waals surface area contributed by atoms with E-state index < -0.39 is 16.0 Å². The molecule has 0 radical (unpaired) electrons. The lowest BCUT2D eigenvalue weighted by Gasteiger charge is -2.43. The fraction of sp³-hybridized carbons (Fsp3) is 0.615. The van der Waals surface area contributed by atoms with Gasteiger partial charge >= 0.3 is 5.97 Å². The van der Waals surface area contributed by atoms with Gasteiger partial charge in [0.05, 0.1) is 0 Å². The summed E-state index contributed by atoms with van der Waals surface area (Å²) in [5.74, 6) is -1.18. The molecular formula is C13H18N2O4S2. The minimum atomic E-state index is -3.71. The lowest BCUT2D eigenvalue weighted by Crippen LogP contribution is -2.56. The molecule has 2 saturated heterocycles. The Bertz CT molecular complexity index is 640. The molecule has 1 unspecified atom stereocenters. The van der Waals surface area contributed by atoms with Crippen molar-refractivity contribution in [3.05, 3.63) is 16.3 Å². The standard InChI is InChI=1S/C13H18N2O4S2/c16-13(17)12-11(4-8-20-12)21(18,19)15-7-6-14-5-2-1-3-10(14)9-15/h4,8,10H,1-3,5-7,9H2,(H,16,17). The molecule has 0 spiro atoms. The number of fused-ring (bicyclic) bond motifs is 1. The van der Waals surface area contributed by atoms with Crippen molar-refractivity contribution in [2.75, 3.05) is 26.2 Å². The van der Waals surface area contributed by atoms with E-state index in [2.05, 4.69) is 4.90 Å². The Hall–Kier alpha value is -0.960. The van der Waals surface area contributed by atoms with Crippen LogP contribution in [-0.2, 0) is 10.0 Å². The second-order valence-electron chi connectivity index (χ2n) is 5.47. The molecule has 0 saturated carbocycles. The summed E-state index contributed by atoms with van der Waals surface area (Å²) >= 11 is 0.956. The number of carbonyl (C=O) groups is 1. The van der Waals surface area contributed by atoms with Crippen LogP contribution in [-0.4, -0.2) is 60.9 Å². The van der Waals surface area contributed by atoms with Gasteiger partial charge in [-0.05, 0) is 30.8 Å². The molecule has 3 heterocycles. The first-order chi connectivity index (χ1) is 10.00. The van der Waals surface area contributed by atoms with Gasteiger partial charge in [0.1, 0.15) is 9.77 Å². The molecule has 2 aliphatic rings. The summed E-state index contributed by atoms with van der Waals surface area (Å²) in [7, 11) is -3.71. The number of thiophene rings is 1. The summed E-state index contributed by atoms with van der Waals surface area (Å²) in [5, 5.41) is 10.6. The van der Waals surface area contributed by atoms with Crippen molar-refractivity contribution in [1.29, 1.82) is 0 Å². The maximum Gasteiger partial charge on any atom is 0.347 e. The molecule has 1 N–H and O–H groups in total. The molecule has 2 fully saturated rings. The molecular weight excluding hydrogens is 312 g/mol. The smallest absolute Gasteiger partial charge is 0.347 e.